The molecule has 5 aliphatic rings. The van der Waals surface area contributed by atoms with Gasteiger partial charge in [0.05, 0.1) is 6.04 Å². The fourth-order valence-electron chi connectivity index (χ4n) is 8.49. The Labute approximate surface area is 231 Å². The third-order valence-electron chi connectivity index (χ3n) is 10.2. The number of esters is 1. The van der Waals surface area contributed by atoms with Crippen molar-refractivity contribution in [1.82, 2.24) is 9.80 Å². The normalized spacial score (nSPS) is 33.8. The third kappa shape index (κ3) is 4.02. The molecule has 3 aliphatic carbocycles. The summed E-state index contributed by atoms with van der Waals surface area (Å²) in [5.74, 6) is 1.86. The molecule has 1 spiro atoms. The summed E-state index contributed by atoms with van der Waals surface area (Å²) in [6.45, 7) is 5.60. The number of nitrogens with zero attached hydrogens (tertiary/aromatic N) is 2. The number of piperidine rings is 1. The molecule has 0 radical (unpaired) electrons. The van der Waals surface area contributed by atoms with E-state index >= 15 is 0 Å². The van der Waals surface area contributed by atoms with E-state index in [-0.39, 0.29) is 35.5 Å². The zero-order valence-corrected chi connectivity index (χ0v) is 23.1. The summed E-state index contributed by atoms with van der Waals surface area (Å²) < 4.78 is 12.3. The molecule has 2 aromatic rings. The Morgan fingerprint density at radius 3 is 2.87 bits per heavy atom. The van der Waals surface area contributed by atoms with Crippen molar-refractivity contribution in [2.75, 3.05) is 20.1 Å². The smallest absolute Gasteiger partial charge is 0.302 e. The van der Waals surface area contributed by atoms with Gasteiger partial charge in [0.15, 0.2) is 0 Å². The maximum absolute atomic E-state index is 13.4. The molecule has 2 bridgehead atoms. The summed E-state index contributed by atoms with van der Waals surface area (Å²) in [6, 6.07) is 15.3. The molecule has 39 heavy (non-hydrogen) atoms. The maximum atomic E-state index is 13.4. The lowest BCUT2D eigenvalue weighted by atomic mass is 9.51. The number of amides is 1. The van der Waals surface area contributed by atoms with Gasteiger partial charge in [-0.2, -0.15) is 0 Å². The molecule has 2 unspecified atom stereocenters. The van der Waals surface area contributed by atoms with Crippen LogP contribution in [0.15, 0.2) is 48.5 Å². The van der Waals surface area contributed by atoms with Gasteiger partial charge in [-0.15, -0.1) is 0 Å². The number of carbonyl (C=O) groups excluding carboxylic acids is 2. The van der Waals surface area contributed by atoms with Crippen LogP contribution in [0.1, 0.15) is 54.9 Å². The monoisotopic (exact) mass is 526 g/mol. The number of hydrogen-bond donors (Lipinski definition) is 0. The number of hydrogen-bond acceptors (Lipinski definition) is 5. The highest BCUT2D eigenvalue weighted by Crippen LogP contribution is 2.62. The van der Waals surface area contributed by atoms with Crippen molar-refractivity contribution in [2.24, 2.45) is 11.8 Å². The number of aryl methyl sites for hydroxylation is 1. The molecule has 1 amide bonds. The molecule has 7 atom stereocenters. The number of ether oxygens (including phenoxy) is 2. The SMILES string of the molecule is CC(=O)OC1CC1CN1CC[C@]23c4c5cccc4O[C@H]2[C@@H](N(C)C(=O)C=Cc2cccc(C)c2)CC[C@H]3[C@H]1C5. The quantitative estimate of drug-likeness (QED) is 0.409. The van der Waals surface area contributed by atoms with Crippen molar-refractivity contribution in [3.63, 3.8) is 0 Å². The van der Waals surface area contributed by atoms with Gasteiger partial charge in [0.2, 0.25) is 5.91 Å². The fourth-order valence-corrected chi connectivity index (χ4v) is 8.49. The number of rotatable bonds is 6. The van der Waals surface area contributed by atoms with Crippen molar-refractivity contribution in [1.29, 1.82) is 0 Å². The highest BCUT2D eigenvalue weighted by Gasteiger charge is 2.66. The van der Waals surface area contributed by atoms with E-state index in [9.17, 15) is 9.59 Å². The molecule has 2 aliphatic heterocycles. The molecule has 3 fully saturated rings. The van der Waals surface area contributed by atoms with Crippen LogP contribution in [-0.2, 0) is 26.2 Å². The van der Waals surface area contributed by atoms with Crippen molar-refractivity contribution >= 4 is 18.0 Å². The highest BCUT2D eigenvalue weighted by atomic mass is 16.5. The second kappa shape index (κ2) is 9.22. The lowest BCUT2D eigenvalue weighted by Crippen LogP contribution is -2.69. The van der Waals surface area contributed by atoms with E-state index in [1.54, 1.807) is 6.08 Å². The fraction of sp³-hybridized carbons (Fsp3) is 0.515. The first-order valence-electron chi connectivity index (χ1n) is 14.6. The van der Waals surface area contributed by atoms with Crippen LogP contribution >= 0.6 is 0 Å². The third-order valence-corrected chi connectivity index (χ3v) is 10.2. The van der Waals surface area contributed by atoms with E-state index in [4.69, 9.17) is 9.47 Å². The van der Waals surface area contributed by atoms with Crippen molar-refractivity contribution in [3.05, 3.63) is 70.8 Å². The summed E-state index contributed by atoms with van der Waals surface area (Å²) in [7, 11) is 1.95. The minimum Gasteiger partial charge on any atom is -0.487 e. The number of carbonyl (C=O) groups is 2. The molecule has 2 saturated carbocycles. The van der Waals surface area contributed by atoms with Crippen LogP contribution < -0.4 is 4.74 Å². The molecule has 1 saturated heterocycles. The zero-order chi connectivity index (χ0) is 26.9. The molecular weight excluding hydrogens is 488 g/mol. The molecule has 2 heterocycles. The van der Waals surface area contributed by atoms with Crippen LogP contribution in [-0.4, -0.2) is 66.1 Å². The maximum Gasteiger partial charge on any atom is 0.302 e. The first kappa shape index (κ1) is 24.9. The summed E-state index contributed by atoms with van der Waals surface area (Å²) >= 11 is 0. The molecule has 0 aromatic heterocycles. The van der Waals surface area contributed by atoms with Crippen LogP contribution in [0.3, 0.4) is 0 Å². The number of benzene rings is 2. The molecule has 0 N–H and O–H groups in total. The van der Waals surface area contributed by atoms with Gasteiger partial charge in [-0.05, 0) is 74.8 Å². The summed E-state index contributed by atoms with van der Waals surface area (Å²) in [5.41, 5.74) is 5.04. The van der Waals surface area contributed by atoms with Gasteiger partial charge in [0, 0.05) is 49.5 Å². The van der Waals surface area contributed by atoms with E-state index in [2.05, 4.69) is 42.2 Å². The molecule has 6 heteroatoms. The van der Waals surface area contributed by atoms with Crippen molar-refractivity contribution < 1.29 is 19.1 Å². The molecule has 2 aromatic carbocycles. The Morgan fingerprint density at radius 2 is 2.05 bits per heavy atom. The Bertz CT molecular complexity index is 1350. The van der Waals surface area contributed by atoms with E-state index < -0.39 is 0 Å². The van der Waals surface area contributed by atoms with Gasteiger partial charge in [-0.3, -0.25) is 14.5 Å². The van der Waals surface area contributed by atoms with Crippen LogP contribution in [0.4, 0.5) is 0 Å². The molecule has 6 nitrogen and oxygen atoms in total. The molecular formula is C33H38N2O4. The largest absolute Gasteiger partial charge is 0.487 e. The first-order valence-corrected chi connectivity index (χ1v) is 14.6. The van der Waals surface area contributed by atoms with Crippen LogP contribution in [0.25, 0.3) is 6.08 Å². The second-order valence-electron chi connectivity index (χ2n) is 12.5. The van der Waals surface area contributed by atoms with Gasteiger partial charge in [0.25, 0.3) is 0 Å². The predicted molar refractivity (Wildman–Crippen MR) is 149 cm³/mol. The number of likely N-dealkylation sites (tertiary alicyclic amines) is 1. The average molecular weight is 527 g/mol. The Hall–Kier alpha value is -3.12. The lowest BCUT2D eigenvalue weighted by molar-refractivity contribution is -0.142. The van der Waals surface area contributed by atoms with Gasteiger partial charge in [0.1, 0.15) is 18.0 Å². The summed E-state index contributed by atoms with van der Waals surface area (Å²) in [6.07, 6.45) is 8.83. The average Bonchev–Trinajstić information content (AvgIpc) is 3.54. The predicted octanol–water partition coefficient (Wildman–Crippen LogP) is 4.53. The van der Waals surface area contributed by atoms with Crippen LogP contribution in [0.5, 0.6) is 5.75 Å². The lowest BCUT2D eigenvalue weighted by Gasteiger charge is -2.60. The molecule has 204 valence electrons. The van der Waals surface area contributed by atoms with Crippen molar-refractivity contribution in [2.45, 2.75) is 75.7 Å². The van der Waals surface area contributed by atoms with Crippen LogP contribution in [0, 0.1) is 18.8 Å². The van der Waals surface area contributed by atoms with Gasteiger partial charge in [-0.25, -0.2) is 0 Å². The van der Waals surface area contributed by atoms with Gasteiger partial charge >= 0.3 is 5.97 Å². The minimum absolute atomic E-state index is 0.0200. The van der Waals surface area contributed by atoms with Gasteiger partial charge < -0.3 is 14.4 Å². The van der Waals surface area contributed by atoms with E-state index in [0.29, 0.717) is 17.9 Å². The second-order valence-corrected chi connectivity index (χ2v) is 12.5. The first-order chi connectivity index (χ1) is 18.8. The zero-order valence-electron chi connectivity index (χ0n) is 23.1. The Kier molecular flexibility index (Phi) is 5.89. The summed E-state index contributed by atoms with van der Waals surface area (Å²) in [4.78, 5) is 29.5. The molecule has 7 rings (SSSR count). The van der Waals surface area contributed by atoms with Crippen molar-refractivity contribution in [3.8, 4) is 5.75 Å². The Balaban J connectivity index is 1.15. The van der Waals surface area contributed by atoms with E-state index in [0.717, 1.165) is 56.5 Å². The standard InChI is InChI=1S/C33H38N2O4/c1-20-6-4-7-22(16-20)10-13-30(37)34(3)26-12-11-25-27-17-23-8-5-9-28-31(23)33(25,32(26)39-28)14-15-35(27)19-24-18-29(24)38-21(2)36/h4-10,13,16,24-27,29,32H,11-12,14-15,17-19H2,1-3H3/t24?,25-,26-,27+,29?,32-,33-/m0/s1. The minimum atomic E-state index is -0.170. The van der Waals surface area contributed by atoms with E-state index in [1.807, 2.05) is 30.2 Å². The number of likely N-dealkylation sites (N-methyl/N-ethyl adjacent to an activating group) is 1. The topological polar surface area (TPSA) is 59.1 Å². The van der Waals surface area contributed by atoms with Gasteiger partial charge in [-0.1, -0.05) is 42.0 Å². The summed E-state index contributed by atoms with van der Waals surface area (Å²) in [5, 5.41) is 0. The van der Waals surface area contributed by atoms with E-state index in [1.165, 1.54) is 23.6 Å². The highest BCUT2D eigenvalue weighted by molar-refractivity contribution is 5.92. The van der Waals surface area contributed by atoms with Crippen LogP contribution in [0.2, 0.25) is 0 Å². The Morgan fingerprint density at radius 1 is 1.21 bits per heavy atom.